The van der Waals surface area contributed by atoms with Gasteiger partial charge < -0.3 is 5.11 Å². The van der Waals surface area contributed by atoms with Gasteiger partial charge in [0.1, 0.15) is 6.23 Å². The number of aliphatic hydroxyl groups is 1. The van der Waals surface area contributed by atoms with E-state index in [2.05, 4.69) is 32.7 Å². The maximum atomic E-state index is 10.3. The Hall–Kier alpha value is -0.0800. The molecule has 0 bridgehead atoms. The van der Waals surface area contributed by atoms with Crippen molar-refractivity contribution in [3.63, 3.8) is 0 Å². The van der Waals surface area contributed by atoms with Crippen LogP contribution >= 0.6 is 0 Å². The first kappa shape index (κ1) is 17.0. The van der Waals surface area contributed by atoms with Crippen molar-refractivity contribution in [2.45, 2.75) is 90.8 Å². The molecule has 1 saturated carbocycles. The predicted molar refractivity (Wildman–Crippen MR) is 83.1 cm³/mol. The number of hydrogen-bond donors (Lipinski definition) is 1. The van der Waals surface area contributed by atoms with E-state index in [-0.39, 0.29) is 6.23 Å². The second kappa shape index (κ2) is 8.97. The summed E-state index contributed by atoms with van der Waals surface area (Å²) in [6.45, 7) is 6.86. The fourth-order valence-corrected chi connectivity index (χ4v) is 3.65. The van der Waals surface area contributed by atoms with Crippen LogP contribution in [0.15, 0.2) is 0 Å². The molecule has 2 nitrogen and oxygen atoms in total. The molecule has 1 rings (SSSR count). The van der Waals surface area contributed by atoms with E-state index in [1.54, 1.807) is 0 Å². The van der Waals surface area contributed by atoms with Gasteiger partial charge in [-0.25, -0.2) is 0 Å². The molecule has 0 heterocycles. The highest BCUT2D eigenvalue weighted by Crippen LogP contribution is 2.33. The number of rotatable bonds is 6. The number of hydrogen-bond acceptors (Lipinski definition) is 2. The summed E-state index contributed by atoms with van der Waals surface area (Å²) >= 11 is 0. The predicted octanol–water partition coefficient (Wildman–Crippen LogP) is 4.42. The zero-order chi connectivity index (χ0) is 14.3. The van der Waals surface area contributed by atoms with Crippen LogP contribution in [-0.4, -0.2) is 29.3 Å². The zero-order valence-corrected chi connectivity index (χ0v) is 13.6. The quantitative estimate of drug-likeness (QED) is 0.721. The van der Waals surface area contributed by atoms with Crippen molar-refractivity contribution in [1.29, 1.82) is 0 Å². The van der Waals surface area contributed by atoms with E-state index in [4.69, 9.17) is 0 Å². The summed E-state index contributed by atoms with van der Waals surface area (Å²) < 4.78 is 0. The van der Waals surface area contributed by atoms with E-state index in [1.807, 2.05) is 0 Å². The first-order valence-corrected chi connectivity index (χ1v) is 8.51. The van der Waals surface area contributed by atoms with Crippen molar-refractivity contribution in [2.75, 3.05) is 7.05 Å². The van der Waals surface area contributed by atoms with Gasteiger partial charge in [0.25, 0.3) is 0 Å². The second-order valence-electron chi connectivity index (χ2n) is 6.54. The van der Waals surface area contributed by atoms with Gasteiger partial charge in [0.15, 0.2) is 0 Å². The summed E-state index contributed by atoms with van der Waals surface area (Å²) in [7, 11) is 2.14. The molecule has 114 valence electrons. The highest BCUT2D eigenvalue weighted by molar-refractivity contribution is 4.83. The van der Waals surface area contributed by atoms with E-state index < -0.39 is 0 Å². The van der Waals surface area contributed by atoms with Crippen LogP contribution in [-0.2, 0) is 0 Å². The van der Waals surface area contributed by atoms with E-state index in [9.17, 15) is 5.11 Å². The Morgan fingerprint density at radius 2 is 1.74 bits per heavy atom. The Labute approximate surface area is 120 Å². The average Bonchev–Trinajstić information content (AvgIpc) is 2.37. The molecule has 0 amide bonds. The molecule has 0 spiro atoms. The van der Waals surface area contributed by atoms with Crippen LogP contribution < -0.4 is 0 Å². The molecule has 0 aromatic rings. The summed E-state index contributed by atoms with van der Waals surface area (Å²) in [5.74, 6) is 1.54. The lowest BCUT2D eigenvalue weighted by atomic mass is 9.77. The highest BCUT2D eigenvalue weighted by Gasteiger charge is 2.31. The maximum absolute atomic E-state index is 10.3. The van der Waals surface area contributed by atoms with Crippen LogP contribution in [0.4, 0.5) is 0 Å². The molecule has 4 atom stereocenters. The topological polar surface area (TPSA) is 23.5 Å². The molecule has 0 aromatic carbocycles. The monoisotopic (exact) mass is 269 g/mol. The van der Waals surface area contributed by atoms with Gasteiger partial charge in [-0.15, -0.1) is 0 Å². The van der Waals surface area contributed by atoms with E-state index in [0.29, 0.717) is 6.04 Å². The summed E-state index contributed by atoms with van der Waals surface area (Å²) in [6, 6.07) is 0.580. The van der Waals surface area contributed by atoms with Crippen LogP contribution in [0.1, 0.15) is 78.6 Å². The Bertz CT molecular complexity index is 231. The van der Waals surface area contributed by atoms with Gasteiger partial charge in [-0.2, -0.15) is 0 Å². The minimum Gasteiger partial charge on any atom is -0.378 e. The normalized spacial score (nSPS) is 28.7. The first-order chi connectivity index (χ1) is 9.11. The molecule has 1 fully saturated rings. The summed E-state index contributed by atoms with van der Waals surface area (Å²) in [5.41, 5.74) is 0. The summed E-state index contributed by atoms with van der Waals surface area (Å²) in [6.07, 6.45) is 11.1. The van der Waals surface area contributed by atoms with Crippen LogP contribution in [0.2, 0.25) is 0 Å². The molecule has 0 aromatic heterocycles. The number of nitrogens with zero attached hydrogens (tertiary/aromatic N) is 1. The third kappa shape index (κ3) is 5.07. The Balaban J connectivity index is 2.74. The lowest BCUT2D eigenvalue weighted by Gasteiger charge is -2.41. The van der Waals surface area contributed by atoms with Gasteiger partial charge in [-0.1, -0.05) is 59.3 Å². The van der Waals surface area contributed by atoms with Gasteiger partial charge >= 0.3 is 0 Å². The summed E-state index contributed by atoms with van der Waals surface area (Å²) in [5, 5.41) is 10.3. The van der Waals surface area contributed by atoms with Crippen molar-refractivity contribution in [2.24, 2.45) is 11.8 Å². The standard InChI is InChI=1S/C17H35NO/c1-5-11-17(19)18(4)16-13-10-8-7-9-12-15(16)14(3)6-2/h14-17,19H,5-13H2,1-4H3. The molecule has 2 heteroatoms. The van der Waals surface area contributed by atoms with Gasteiger partial charge in [0.05, 0.1) is 0 Å². The Morgan fingerprint density at radius 3 is 2.32 bits per heavy atom. The number of aliphatic hydroxyl groups excluding tert-OH is 1. The van der Waals surface area contributed by atoms with Crippen LogP contribution in [0, 0.1) is 11.8 Å². The molecule has 1 aliphatic carbocycles. The lowest BCUT2D eigenvalue weighted by Crippen LogP contribution is -2.46. The van der Waals surface area contributed by atoms with Crippen LogP contribution in [0.3, 0.4) is 0 Å². The molecule has 1 N–H and O–H groups in total. The summed E-state index contributed by atoms with van der Waals surface area (Å²) in [4.78, 5) is 2.28. The molecule has 1 aliphatic rings. The third-order valence-corrected chi connectivity index (χ3v) is 5.20. The van der Waals surface area contributed by atoms with E-state index >= 15 is 0 Å². The van der Waals surface area contributed by atoms with E-state index in [0.717, 1.165) is 24.7 Å². The first-order valence-electron chi connectivity index (χ1n) is 8.51. The van der Waals surface area contributed by atoms with Crippen molar-refractivity contribution in [1.82, 2.24) is 4.90 Å². The van der Waals surface area contributed by atoms with Gasteiger partial charge in [0.2, 0.25) is 0 Å². The van der Waals surface area contributed by atoms with Crippen molar-refractivity contribution >= 4 is 0 Å². The lowest BCUT2D eigenvalue weighted by molar-refractivity contribution is -0.0417. The molecule has 19 heavy (non-hydrogen) atoms. The van der Waals surface area contributed by atoms with Gasteiger partial charge in [-0.3, -0.25) is 4.90 Å². The molecule has 0 radical (unpaired) electrons. The Morgan fingerprint density at radius 1 is 1.11 bits per heavy atom. The average molecular weight is 269 g/mol. The van der Waals surface area contributed by atoms with Crippen LogP contribution in [0.25, 0.3) is 0 Å². The van der Waals surface area contributed by atoms with Gasteiger partial charge in [-0.05, 0) is 38.1 Å². The zero-order valence-electron chi connectivity index (χ0n) is 13.6. The molecule has 0 aliphatic heterocycles. The molecular weight excluding hydrogens is 234 g/mol. The largest absolute Gasteiger partial charge is 0.378 e. The van der Waals surface area contributed by atoms with Crippen molar-refractivity contribution in [3.05, 3.63) is 0 Å². The van der Waals surface area contributed by atoms with Crippen molar-refractivity contribution < 1.29 is 5.11 Å². The highest BCUT2D eigenvalue weighted by atomic mass is 16.3. The Kier molecular flexibility index (Phi) is 8.01. The fourth-order valence-electron chi connectivity index (χ4n) is 3.65. The second-order valence-corrected chi connectivity index (χ2v) is 6.54. The van der Waals surface area contributed by atoms with Gasteiger partial charge in [0, 0.05) is 6.04 Å². The minimum atomic E-state index is -0.249. The fraction of sp³-hybridized carbons (Fsp3) is 1.00. The third-order valence-electron chi connectivity index (χ3n) is 5.20. The van der Waals surface area contributed by atoms with Crippen LogP contribution in [0.5, 0.6) is 0 Å². The minimum absolute atomic E-state index is 0.249. The maximum Gasteiger partial charge on any atom is 0.107 e. The van der Waals surface area contributed by atoms with Crippen molar-refractivity contribution in [3.8, 4) is 0 Å². The molecule has 0 saturated heterocycles. The molecule has 4 unspecified atom stereocenters. The van der Waals surface area contributed by atoms with E-state index in [1.165, 1.54) is 44.9 Å². The smallest absolute Gasteiger partial charge is 0.107 e. The SMILES string of the molecule is CCCC(O)N(C)C1CCCCCCC1C(C)CC. The molecular formula is C17H35NO.